The number of hydrogen-bond donors (Lipinski definition) is 3. The van der Waals surface area contributed by atoms with E-state index >= 15 is 0 Å². The van der Waals surface area contributed by atoms with Crippen LogP contribution in [0.4, 0.5) is 0 Å². The Bertz CT molecular complexity index is 706. The standard InChI is InChI=1S/C23H36N2O4/c1-15(2)19-10-9-16(3)14-23(19,28)22(27)25-12-11-17-7-5-6-8-18(17)13-20(24)21(26)29-4/h5-8,15-16,19-20,28H,9-14,24H2,1-4H3,(H,25,27)/t16-,19+,20+,23+/m1/s1. The van der Waals surface area contributed by atoms with Gasteiger partial charge in [-0.05, 0) is 54.6 Å². The third-order valence-electron chi connectivity index (χ3n) is 6.18. The van der Waals surface area contributed by atoms with E-state index in [9.17, 15) is 14.7 Å². The summed E-state index contributed by atoms with van der Waals surface area (Å²) in [4.78, 5) is 24.5. The van der Waals surface area contributed by atoms with E-state index in [4.69, 9.17) is 10.5 Å². The molecule has 6 nitrogen and oxygen atoms in total. The number of esters is 1. The van der Waals surface area contributed by atoms with Crippen LogP contribution in [-0.2, 0) is 27.2 Å². The molecule has 1 amide bonds. The zero-order chi connectivity index (χ0) is 21.6. The van der Waals surface area contributed by atoms with Gasteiger partial charge in [0.25, 0.3) is 5.91 Å². The van der Waals surface area contributed by atoms with Crippen molar-refractivity contribution in [2.24, 2.45) is 23.5 Å². The summed E-state index contributed by atoms with van der Waals surface area (Å²) in [6.07, 6.45) is 3.41. The summed E-state index contributed by atoms with van der Waals surface area (Å²) in [6.45, 7) is 6.65. The Morgan fingerprint density at radius 2 is 1.93 bits per heavy atom. The summed E-state index contributed by atoms with van der Waals surface area (Å²) in [5.74, 6) is -0.155. The van der Waals surface area contributed by atoms with Crippen molar-refractivity contribution >= 4 is 11.9 Å². The monoisotopic (exact) mass is 404 g/mol. The Labute approximate surface area is 174 Å². The molecular formula is C23H36N2O4. The Morgan fingerprint density at radius 1 is 1.28 bits per heavy atom. The van der Waals surface area contributed by atoms with Gasteiger partial charge in [0.15, 0.2) is 0 Å². The first kappa shape index (κ1) is 23.4. The highest BCUT2D eigenvalue weighted by Gasteiger charge is 2.48. The molecule has 0 spiro atoms. The maximum Gasteiger partial charge on any atom is 0.322 e. The summed E-state index contributed by atoms with van der Waals surface area (Å²) < 4.78 is 4.70. The van der Waals surface area contributed by atoms with Crippen LogP contribution in [0.1, 0.15) is 51.2 Å². The number of nitrogens with two attached hydrogens (primary N) is 1. The van der Waals surface area contributed by atoms with Crippen molar-refractivity contribution < 1.29 is 19.4 Å². The van der Waals surface area contributed by atoms with Gasteiger partial charge >= 0.3 is 5.97 Å². The average Bonchev–Trinajstić information content (AvgIpc) is 2.68. The topological polar surface area (TPSA) is 102 Å². The average molecular weight is 405 g/mol. The SMILES string of the molecule is COC(=O)[C@@H](N)Cc1ccccc1CCNC(=O)[C@]1(O)C[C@H](C)CC[C@H]1C(C)C. The third-order valence-corrected chi connectivity index (χ3v) is 6.18. The summed E-state index contributed by atoms with van der Waals surface area (Å²) in [7, 11) is 1.32. The number of aliphatic hydroxyl groups is 1. The van der Waals surface area contributed by atoms with Crippen LogP contribution >= 0.6 is 0 Å². The predicted molar refractivity (Wildman–Crippen MR) is 113 cm³/mol. The molecule has 0 bridgehead atoms. The molecule has 1 aliphatic rings. The molecule has 0 aliphatic heterocycles. The normalized spacial score (nSPS) is 25.5. The van der Waals surface area contributed by atoms with E-state index in [1.165, 1.54) is 7.11 Å². The van der Waals surface area contributed by atoms with Crippen molar-refractivity contribution in [3.8, 4) is 0 Å². The number of hydrogen-bond acceptors (Lipinski definition) is 5. The van der Waals surface area contributed by atoms with Gasteiger partial charge in [-0.25, -0.2) is 0 Å². The molecule has 0 heterocycles. The maximum absolute atomic E-state index is 12.9. The Balaban J connectivity index is 2.00. The molecule has 1 aliphatic carbocycles. The molecule has 4 atom stereocenters. The summed E-state index contributed by atoms with van der Waals surface area (Å²) in [6, 6.07) is 7.02. The van der Waals surface area contributed by atoms with E-state index in [0.29, 0.717) is 31.7 Å². The second-order valence-corrected chi connectivity index (χ2v) is 8.77. The Hall–Kier alpha value is -1.92. The molecule has 1 fully saturated rings. The molecule has 162 valence electrons. The molecule has 6 heteroatoms. The zero-order valence-electron chi connectivity index (χ0n) is 18.1. The fourth-order valence-corrected chi connectivity index (χ4v) is 4.57. The number of amides is 1. The van der Waals surface area contributed by atoms with Crippen LogP contribution < -0.4 is 11.1 Å². The van der Waals surface area contributed by atoms with E-state index in [-0.39, 0.29) is 17.7 Å². The Morgan fingerprint density at radius 3 is 2.55 bits per heavy atom. The minimum Gasteiger partial charge on any atom is -0.468 e. The lowest BCUT2D eigenvalue weighted by molar-refractivity contribution is -0.155. The first-order valence-corrected chi connectivity index (χ1v) is 10.6. The molecule has 0 aromatic heterocycles. The van der Waals surface area contributed by atoms with Crippen LogP contribution in [0.2, 0.25) is 0 Å². The van der Waals surface area contributed by atoms with Crippen molar-refractivity contribution in [2.45, 2.75) is 64.5 Å². The maximum atomic E-state index is 12.9. The molecule has 0 saturated heterocycles. The molecule has 1 saturated carbocycles. The molecule has 0 radical (unpaired) electrons. The first-order chi connectivity index (χ1) is 13.7. The van der Waals surface area contributed by atoms with Crippen molar-refractivity contribution in [1.82, 2.24) is 5.32 Å². The highest BCUT2D eigenvalue weighted by molar-refractivity contribution is 5.85. The molecule has 1 aromatic carbocycles. The van der Waals surface area contributed by atoms with Crippen LogP contribution in [0.3, 0.4) is 0 Å². The van der Waals surface area contributed by atoms with Gasteiger partial charge in [-0.15, -0.1) is 0 Å². The second kappa shape index (κ2) is 10.2. The second-order valence-electron chi connectivity index (χ2n) is 8.77. The largest absolute Gasteiger partial charge is 0.468 e. The molecular weight excluding hydrogens is 368 g/mol. The number of benzene rings is 1. The third kappa shape index (κ3) is 5.80. The lowest BCUT2D eigenvalue weighted by Crippen LogP contribution is -2.56. The fraction of sp³-hybridized carbons (Fsp3) is 0.652. The lowest BCUT2D eigenvalue weighted by atomic mass is 9.66. The van der Waals surface area contributed by atoms with Gasteiger partial charge < -0.3 is 20.9 Å². The van der Waals surface area contributed by atoms with Crippen molar-refractivity contribution in [2.75, 3.05) is 13.7 Å². The molecule has 29 heavy (non-hydrogen) atoms. The van der Waals surface area contributed by atoms with Gasteiger partial charge in [-0.3, -0.25) is 9.59 Å². The highest BCUT2D eigenvalue weighted by Crippen LogP contribution is 2.41. The van der Waals surface area contributed by atoms with Crippen LogP contribution in [0, 0.1) is 17.8 Å². The summed E-state index contributed by atoms with van der Waals surface area (Å²) >= 11 is 0. The van der Waals surface area contributed by atoms with E-state index in [2.05, 4.69) is 26.1 Å². The van der Waals surface area contributed by atoms with E-state index < -0.39 is 17.6 Å². The zero-order valence-corrected chi connectivity index (χ0v) is 18.1. The van der Waals surface area contributed by atoms with Crippen molar-refractivity contribution in [3.63, 3.8) is 0 Å². The predicted octanol–water partition coefficient (Wildman–Crippen LogP) is 2.21. The van der Waals surface area contributed by atoms with Gasteiger partial charge in [0.05, 0.1) is 7.11 Å². The summed E-state index contributed by atoms with van der Waals surface area (Å²) in [5, 5.41) is 14.2. The van der Waals surface area contributed by atoms with Crippen LogP contribution in [0.25, 0.3) is 0 Å². The minimum absolute atomic E-state index is 0.0240. The number of carbonyl (C=O) groups excluding carboxylic acids is 2. The van der Waals surface area contributed by atoms with Crippen LogP contribution in [0.5, 0.6) is 0 Å². The first-order valence-electron chi connectivity index (χ1n) is 10.6. The number of ether oxygens (including phenoxy) is 1. The van der Waals surface area contributed by atoms with E-state index in [0.717, 1.165) is 24.0 Å². The fourth-order valence-electron chi connectivity index (χ4n) is 4.57. The Kier molecular flexibility index (Phi) is 8.23. The molecule has 0 unspecified atom stereocenters. The van der Waals surface area contributed by atoms with Crippen molar-refractivity contribution in [3.05, 3.63) is 35.4 Å². The van der Waals surface area contributed by atoms with Gasteiger partial charge in [0, 0.05) is 6.54 Å². The molecule has 2 rings (SSSR count). The minimum atomic E-state index is -1.31. The number of carbonyl (C=O) groups is 2. The van der Waals surface area contributed by atoms with Gasteiger partial charge in [-0.2, -0.15) is 0 Å². The van der Waals surface area contributed by atoms with E-state index in [1.54, 1.807) is 0 Å². The van der Waals surface area contributed by atoms with Crippen molar-refractivity contribution in [1.29, 1.82) is 0 Å². The highest BCUT2D eigenvalue weighted by atomic mass is 16.5. The van der Waals surface area contributed by atoms with Crippen LogP contribution in [-0.4, -0.2) is 42.3 Å². The number of nitrogens with one attached hydrogen (secondary N) is 1. The summed E-state index contributed by atoms with van der Waals surface area (Å²) in [5.41, 5.74) is 6.58. The van der Waals surface area contributed by atoms with Gasteiger partial charge in [0.1, 0.15) is 11.6 Å². The lowest BCUT2D eigenvalue weighted by Gasteiger charge is -2.43. The number of methoxy groups -OCH3 is 1. The molecule has 4 N–H and O–H groups in total. The van der Waals surface area contributed by atoms with Gasteiger partial charge in [0.2, 0.25) is 0 Å². The van der Waals surface area contributed by atoms with Gasteiger partial charge in [-0.1, -0.05) is 51.5 Å². The van der Waals surface area contributed by atoms with E-state index in [1.807, 2.05) is 24.3 Å². The number of rotatable bonds is 8. The van der Waals surface area contributed by atoms with Crippen LogP contribution in [0.15, 0.2) is 24.3 Å². The molecule has 1 aromatic rings. The quantitative estimate of drug-likeness (QED) is 0.577. The smallest absolute Gasteiger partial charge is 0.322 e.